The van der Waals surface area contributed by atoms with Gasteiger partial charge in [0.2, 0.25) is 0 Å². The summed E-state index contributed by atoms with van der Waals surface area (Å²) in [5, 5.41) is 8.74. The van der Waals surface area contributed by atoms with E-state index in [1.165, 1.54) is 0 Å². The van der Waals surface area contributed by atoms with E-state index in [2.05, 4.69) is 4.98 Å². The Morgan fingerprint density at radius 3 is 3.00 bits per heavy atom. The van der Waals surface area contributed by atoms with Crippen LogP contribution in [0.25, 0.3) is 0 Å². The molecule has 3 heteroatoms. The van der Waals surface area contributed by atoms with Gasteiger partial charge in [-0.1, -0.05) is 0 Å². The molecule has 3 N–H and O–H groups in total. The lowest BCUT2D eigenvalue weighted by atomic mass is 10.1. The van der Waals surface area contributed by atoms with Gasteiger partial charge in [0, 0.05) is 12.2 Å². The number of hydrogen-bond acceptors (Lipinski definition) is 3. The molecule has 0 aromatic carbocycles. The maximum absolute atomic E-state index is 8.74. The summed E-state index contributed by atoms with van der Waals surface area (Å²) >= 11 is 0. The molecule has 1 unspecified atom stereocenters. The van der Waals surface area contributed by atoms with Crippen molar-refractivity contribution in [2.24, 2.45) is 5.73 Å². The summed E-state index contributed by atoms with van der Waals surface area (Å²) in [5.74, 6) is 0. The number of pyridine rings is 1. The fraction of sp³-hybridized carbons (Fsp3) is 0.375. The molecule has 11 heavy (non-hydrogen) atoms. The summed E-state index contributed by atoms with van der Waals surface area (Å²) < 4.78 is 0. The minimum Gasteiger partial charge on any atom is -0.390 e. The first-order chi connectivity index (χ1) is 5.24. The van der Waals surface area contributed by atoms with Gasteiger partial charge in [-0.05, 0) is 24.6 Å². The Morgan fingerprint density at radius 2 is 2.45 bits per heavy atom. The summed E-state index contributed by atoms with van der Waals surface area (Å²) in [6.07, 6.45) is 1.66. The van der Waals surface area contributed by atoms with Crippen LogP contribution in [0, 0.1) is 0 Å². The largest absolute Gasteiger partial charge is 0.390 e. The molecule has 1 rings (SSSR count). The first kappa shape index (κ1) is 8.17. The summed E-state index contributed by atoms with van der Waals surface area (Å²) in [4.78, 5) is 3.93. The molecule has 1 heterocycles. The normalized spacial score (nSPS) is 13.0. The number of nitrogens with two attached hydrogens (primary N) is 1. The van der Waals surface area contributed by atoms with Crippen LogP contribution in [0.15, 0.2) is 18.3 Å². The minimum absolute atomic E-state index is 0.00306. The van der Waals surface area contributed by atoms with Crippen LogP contribution in [0.4, 0.5) is 0 Å². The Hall–Kier alpha value is -0.930. The van der Waals surface area contributed by atoms with Crippen LogP contribution < -0.4 is 5.73 Å². The first-order valence-electron chi connectivity index (χ1n) is 3.55. The maximum atomic E-state index is 8.74. The zero-order chi connectivity index (χ0) is 8.27. The third-order valence-electron chi connectivity index (χ3n) is 1.53. The van der Waals surface area contributed by atoms with E-state index < -0.39 is 0 Å². The van der Waals surface area contributed by atoms with E-state index in [1.807, 2.05) is 19.1 Å². The molecule has 0 saturated heterocycles. The quantitative estimate of drug-likeness (QED) is 0.652. The maximum Gasteiger partial charge on any atom is 0.0853 e. The van der Waals surface area contributed by atoms with Crippen LogP contribution in [0.3, 0.4) is 0 Å². The summed E-state index contributed by atoms with van der Waals surface area (Å²) in [6.45, 7) is 1.87. The van der Waals surface area contributed by atoms with Crippen LogP contribution in [0.2, 0.25) is 0 Å². The van der Waals surface area contributed by atoms with Crippen molar-refractivity contribution in [2.75, 3.05) is 0 Å². The highest BCUT2D eigenvalue weighted by atomic mass is 16.3. The van der Waals surface area contributed by atoms with Crippen LogP contribution in [0.5, 0.6) is 0 Å². The molecule has 0 amide bonds. The van der Waals surface area contributed by atoms with Gasteiger partial charge in [-0.15, -0.1) is 0 Å². The van der Waals surface area contributed by atoms with E-state index in [0.29, 0.717) is 5.69 Å². The fourth-order valence-electron chi connectivity index (χ4n) is 0.867. The zero-order valence-electron chi connectivity index (χ0n) is 6.49. The second-order valence-electron chi connectivity index (χ2n) is 2.53. The second-order valence-corrected chi connectivity index (χ2v) is 2.53. The van der Waals surface area contributed by atoms with Gasteiger partial charge < -0.3 is 10.8 Å². The molecule has 1 aromatic heterocycles. The van der Waals surface area contributed by atoms with Crippen molar-refractivity contribution in [1.29, 1.82) is 0 Å². The van der Waals surface area contributed by atoms with E-state index in [9.17, 15) is 0 Å². The predicted molar refractivity (Wildman–Crippen MR) is 42.8 cm³/mol. The third kappa shape index (κ3) is 2.00. The number of rotatable bonds is 2. The lowest BCUT2D eigenvalue weighted by Crippen LogP contribution is -2.05. The Labute approximate surface area is 65.9 Å². The predicted octanol–water partition coefficient (Wildman–Crippen LogP) is 0.594. The van der Waals surface area contributed by atoms with Crippen molar-refractivity contribution < 1.29 is 5.11 Å². The molecule has 0 aliphatic rings. The van der Waals surface area contributed by atoms with Crippen molar-refractivity contribution in [3.63, 3.8) is 0 Å². The van der Waals surface area contributed by atoms with E-state index in [-0.39, 0.29) is 12.6 Å². The van der Waals surface area contributed by atoms with Gasteiger partial charge in [0.15, 0.2) is 0 Å². The van der Waals surface area contributed by atoms with E-state index >= 15 is 0 Å². The van der Waals surface area contributed by atoms with E-state index in [0.717, 1.165) is 5.56 Å². The van der Waals surface area contributed by atoms with Crippen molar-refractivity contribution in [3.8, 4) is 0 Å². The molecule has 0 radical (unpaired) electrons. The second kappa shape index (κ2) is 3.46. The first-order valence-corrected chi connectivity index (χ1v) is 3.55. The minimum atomic E-state index is -0.0272. The van der Waals surface area contributed by atoms with Crippen LogP contribution in [0.1, 0.15) is 24.2 Å². The van der Waals surface area contributed by atoms with Gasteiger partial charge >= 0.3 is 0 Å². The van der Waals surface area contributed by atoms with Gasteiger partial charge in [0.1, 0.15) is 0 Å². The van der Waals surface area contributed by atoms with E-state index in [4.69, 9.17) is 10.8 Å². The highest BCUT2D eigenvalue weighted by Gasteiger charge is 1.99. The molecule has 3 nitrogen and oxygen atoms in total. The van der Waals surface area contributed by atoms with Gasteiger partial charge in [0.25, 0.3) is 0 Å². The highest BCUT2D eigenvalue weighted by molar-refractivity contribution is 5.18. The molecule has 1 atom stereocenters. The average Bonchev–Trinajstić information content (AvgIpc) is 2.05. The smallest absolute Gasteiger partial charge is 0.0853 e. The Kier molecular flexibility index (Phi) is 2.57. The topological polar surface area (TPSA) is 59.1 Å². The molecular formula is C8H12N2O. The lowest BCUT2D eigenvalue weighted by molar-refractivity contribution is 0.276. The van der Waals surface area contributed by atoms with Crippen molar-refractivity contribution in [1.82, 2.24) is 4.98 Å². The summed E-state index contributed by atoms with van der Waals surface area (Å²) in [6, 6.07) is 3.66. The fourth-order valence-corrected chi connectivity index (χ4v) is 0.867. The number of aromatic nitrogens is 1. The number of nitrogens with zero attached hydrogens (tertiary/aromatic N) is 1. The summed E-state index contributed by atoms with van der Waals surface area (Å²) in [7, 11) is 0. The van der Waals surface area contributed by atoms with E-state index in [1.54, 1.807) is 6.20 Å². The zero-order valence-corrected chi connectivity index (χ0v) is 6.49. The van der Waals surface area contributed by atoms with Crippen molar-refractivity contribution in [2.45, 2.75) is 19.6 Å². The SMILES string of the molecule is CC(N)c1ccnc(CO)c1. The molecule has 0 aliphatic heterocycles. The lowest BCUT2D eigenvalue weighted by Gasteiger charge is -2.05. The highest BCUT2D eigenvalue weighted by Crippen LogP contribution is 2.08. The third-order valence-corrected chi connectivity index (χ3v) is 1.53. The molecular weight excluding hydrogens is 140 g/mol. The monoisotopic (exact) mass is 152 g/mol. The molecule has 0 fully saturated rings. The van der Waals surface area contributed by atoms with Crippen LogP contribution in [-0.4, -0.2) is 10.1 Å². The number of hydrogen-bond donors (Lipinski definition) is 2. The average molecular weight is 152 g/mol. The standard InChI is InChI=1S/C8H12N2O/c1-6(9)7-2-3-10-8(4-7)5-11/h2-4,6,11H,5,9H2,1H3. The number of aliphatic hydroxyl groups is 1. The van der Waals surface area contributed by atoms with Gasteiger partial charge in [-0.3, -0.25) is 4.98 Å². The molecule has 0 bridgehead atoms. The Bertz CT molecular complexity index is 235. The van der Waals surface area contributed by atoms with Gasteiger partial charge in [0.05, 0.1) is 12.3 Å². The molecule has 0 saturated carbocycles. The molecule has 1 aromatic rings. The van der Waals surface area contributed by atoms with Crippen LogP contribution in [-0.2, 0) is 6.61 Å². The Morgan fingerprint density at radius 1 is 1.73 bits per heavy atom. The number of aliphatic hydroxyl groups excluding tert-OH is 1. The molecule has 0 spiro atoms. The van der Waals surface area contributed by atoms with Crippen molar-refractivity contribution in [3.05, 3.63) is 29.6 Å². The molecule has 60 valence electrons. The summed E-state index contributed by atoms with van der Waals surface area (Å²) in [5.41, 5.74) is 7.30. The Balaban J connectivity index is 2.91. The van der Waals surface area contributed by atoms with Crippen molar-refractivity contribution >= 4 is 0 Å². The molecule has 0 aliphatic carbocycles. The van der Waals surface area contributed by atoms with Gasteiger partial charge in [-0.2, -0.15) is 0 Å². The van der Waals surface area contributed by atoms with Gasteiger partial charge in [-0.25, -0.2) is 0 Å². The van der Waals surface area contributed by atoms with Crippen LogP contribution >= 0.6 is 0 Å².